The van der Waals surface area contributed by atoms with Crippen LogP contribution >= 0.6 is 11.3 Å². The van der Waals surface area contributed by atoms with Gasteiger partial charge in [0.2, 0.25) is 5.91 Å². The number of nitrogens with zero attached hydrogens (tertiary/aromatic N) is 1. The van der Waals surface area contributed by atoms with E-state index in [0.29, 0.717) is 17.5 Å². The molecule has 0 fully saturated rings. The molecule has 3 nitrogen and oxygen atoms in total. The number of carbonyl (C=O) groups is 1. The Morgan fingerprint density at radius 1 is 1.53 bits per heavy atom. The van der Waals surface area contributed by atoms with E-state index in [4.69, 9.17) is 0 Å². The third-order valence-electron chi connectivity index (χ3n) is 3.35. The van der Waals surface area contributed by atoms with Crippen LogP contribution in [0.5, 0.6) is 0 Å². The summed E-state index contributed by atoms with van der Waals surface area (Å²) in [5.74, 6) is 0.462. The van der Waals surface area contributed by atoms with Crippen LogP contribution in [0.15, 0.2) is 30.4 Å². The standard InChI is InChI=1S/C15H16N2OS/c1-10-6-7-12-13(8-10)19-15(16-12)17-14(18)9-11-4-2-3-5-11/h2,4,6-8,11H,3,5,9H2,1H3,(H,16,17,18)/t11-/m1/s1. The molecule has 2 aromatic rings. The predicted molar refractivity (Wildman–Crippen MR) is 79.5 cm³/mol. The van der Waals surface area contributed by atoms with Crippen molar-refractivity contribution in [3.63, 3.8) is 0 Å². The van der Waals surface area contributed by atoms with E-state index in [1.54, 1.807) is 0 Å². The van der Waals surface area contributed by atoms with Gasteiger partial charge in [-0.3, -0.25) is 4.79 Å². The van der Waals surface area contributed by atoms with E-state index in [1.807, 2.05) is 12.1 Å². The Morgan fingerprint density at radius 3 is 3.21 bits per heavy atom. The van der Waals surface area contributed by atoms with Crippen molar-refractivity contribution in [2.24, 2.45) is 5.92 Å². The molecule has 1 heterocycles. The highest BCUT2D eigenvalue weighted by Gasteiger charge is 2.15. The molecule has 0 bridgehead atoms. The largest absolute Gasteiger partial charge is 0.302 e. The normalized spacial score (nSPS) is 18.1. The number of aromatic nitrogens is 1. The smallest absolute Gasteiger partial charge is 0.226 e. The number of anilines is 1. The summed E-state index contributed by atoms with van der Waals surface area (Å²) in [7, 11) is 0. The number of allylic oxidation sites excluding steroid dienone is 2. The highest BCUT2D eigenvalue weighted by atomic mass is 32.1. The quantitative estimate of drug-likeness (QED) is 0.861. The van der Waals surface area contributed by atoms with E-state index in [1.165, 1.54) is 16.9 Å². The van der Waals surface area contributed by atoms with Crippen LogP contribution in [0.25, 0.3) is 10.2 Å². The summed E-state index contributed by atoms with van der Waals surface area (Å²) in [6.07, 6.45) is 7.04. The minimum atomic E-state index is 0.0623. The molecule has 0 aliphatic heterocycles. The Labute approximate surface area is 116 Å². The molecule has 1 N–H and O–H groups in total. The minimum absolute atomic E-state index is 0.0623. The average molecular weight is 272 g/mol. The Hall–Kier alpha value is -1.68. The summed E-state index contributed by atoms with van der Waals surface area (Å²) in [6.45, 7) is 2.06. The van der Waals surface area contributed by atoms with Gasteiger partial charge >= 0.3 is 0 Å². The fraction of sp³-hybridized carbons (Fsp3) is 0.333. The van der Waals surface area contributed by atoms with Gasteiger partial charge in [-0.15, -0.1) is 0 Å². The van der Waals surface area contributed by atoms with E-state index < -0.39 is 0 Å². The van der Waals surface area contributed by atoms with Gasteiger partial charge in [-0.25, -0.2) is 4.98 Å². The molecule has 0 saturated heterocycles. The van der Waals surface area contributed by atoms with Crippen molar-refractivity contribution in [1.29, 1.82) is 0 Å². The molecule has 1 atom stereocenters. The van der Waals surface area contributed by atoms with Gasteiger partial charge in [0.05, 0.1) is 10.2 Å². The van der Waals surface area contributed by atoms with Gasteiger partial charge in [-0.2, -0.15) is 0 Å². The highest BCUT2D eigenvalue weighted by Crippen LogP contribution is 2.27. The number of thiazole rings is 1. The molecular formula is C15H16N2OS. The van der Waals surface area contributed by atoms with Crippen molar-refractivity contribution in [2.45, 2.75) is 26.2 Å². The SMILES string of the molecule is Cc1ccc2nc(NC(=O)C[C@@H]3C=CCC3)sc2c1. The number of aryl methyl sites for hydroxylation is 1. The molecule has 0 radical (unpaired) electrons. The number of fused-ring (bicyclic) bond motifs is 1. The average Bonchev–Trinajstić information content (AvgIpc) is 2.97. The lowest BCUT2D eigenvalue weighted by molar-refractivity contribution is -0.116. The van der Waals surface area contributed by atoms with Crippen LogP contribution in [0.2, 0.25) is 0 Å². The number of rotatable bonds is 3. The monoisotopic (exact) mass is 272 g/mol. The topological polar surface area (TPSA) is 42.0 Å². The van der Waals surface area contributed by atoms with Crippen molar-refractivity contribution in [3.8, 4) is 0 Å². The molecule has 0 unspecified atom stereocenters. The number of nitrogens with one attached hydrogen (secondary N) is 1. The summed E-state index contributed by atoms with van der Waals surface area (Å²) in [4.78, 5) is 16.4. The number of hydrogen-bond acceptors (Lipinski definition) is 3. The van der Waals surface area contributed by atoms with E-state index in [9.17, 15) is 4.79 Å². The Bertz CT molecular complexity index is 645. The van der Waals surface area contributed by atoms with Crippen LogP contribution in [0, 0.1) is 12.8 Å². The van der Waals surface area contributed by atoms with Gasteiger partial charge in [0, 0.05) is 6.42 Å². The van der Waals surface area contributed by atoms with E-state index in [-0.39, 0.29) is 5.91 Å². The summed E-state index contributed by atoms with van der Waals surface area (Å²) in [6, 6.07) is 6.13. The first-order valence-electron chi connectivity index (χ1n) is 6.54. The Balaban J connectivity index is 1.70. The third kappa shape index (κ3) is 2.84. The van der Waals surface area contributed by atoms with Gasteiger partial charge in [-0.1, -0.05) is 29.6 Å². The lowest BCUT2D eigenvalue weighted by atomic mass is 10.1. The zero-order valence-corrected chi connectivity index (χ0v) is 11.7. The molecule has 98 valence electrons. The highest BCUT2D eigenvalue weighted by molar-refractivity contribution is 7.22. The molecule has 0 saturated carbocycles. The van der Waals surface area contributed by atoms with Crippen molar-refractivity contribution in [2.75, 3.05) is 5.32 Å². The maximum Gasteiger partial charge on any atom is 0.226 e. The lowest BCUT2D eigenvalue weighted by Gasteiger charge is -2.06. The van der Waals surface area contributed by atoms with Gasteiger partial charge in [0.25, 0.3) is 0 Å². The van der Waals surface area contributed by atoms with Crippen LogP contribution in [0.4, 0.5) is 5.13 Å². The first-order valence-corrected chi connectivity index (χ1v) is 7.36. The Morgan fingerprint density at radius 2 is 2.42 bits per heavy atom. The summed E-state index contributed by atoms with van der Waals surface area (Å²) in [5, 5.41) is 3.61. The molecule has 19 heavy (non-hydrogen) atoms. The van der Waals surface area contributed by atoms with Gasteiger partial charge in [-0.05, 0) is 43.4 Å². The molecule has 1 amide bonds. The number of hydrogen-bond donors (Lipinski definition) is 1. The lowest BCUT2D eigenvalue weighted by Crippen LogP contribution is -2.14. The summed E-state index contributed by atoms with van der Waals surface area (Å²) >= 11 is 1.54. The second kappa shape index (κ2) is 5.13. The molecule has 3 rings (SSSR count). The summed E-state index contributed by atoms with van der Waals surface area (Å²) in [5.41, 5.74) is 2.16. The van der Waals surface area contributed by atoms with E-state index in [0.717, 1.165) is 23.1 Å². The van der Waals surface area contributed by atoms with E-state index >= 15 is 0 Å². The zero-order chi connectivity index (χ0) is 13.2. The second-order valence-electron chi connectivity index (χ2n) is 5.01. The van der Waals surface area contributed by atoms with Crippen LogP contribution < -0.4 is 5.32 Å². The number of amides is 1. The predicted octanol–water partition coefficient (Wildman–Crippen LogP) is 3.90. The van der Waals surface area contributed by atoms with Gasteiger partial charge in [0.15, 0.2) is 5.13 Å². The maximum atomic E-state index is 11.9. The van der Waals surface area contributed by atoms with Crippen molar-refractivity contribution < 1.29 is 4.79 Å². The van der Waals surface area contributed by atoms with Crippen LogP contribution in [-0.2, 0) is 4.79 Å². The van der Waals surface area contributed by atoms with Crippen LogP contribution in [0.3, 0.4) is 0 Å². The molecule has 1 aromatic carbocycles. The summed E-state index contributed by atoms with van der Waals surface area (Å²) < 4.78 is 1.12. The van der Waals surface area contributed by atoms with Crippen LogP contribution in [-0.4, -0.2) is 10.9 Å². The minimum Gasteiger partial charge on any atom is -0.302 e. The van der Waals surface area contributed by atoms with Crippen molar-refractivity contribution in [3.05, 3.63) is 35.9 Å². The zero-order valence-electron chi connectivity index (χ0n) is 10.8. The second-order valence-corrected chi connectivity index (χ2v) is 6.04. The molecule has 4 heteroatoms. The fourth-order valence-corrected chi connectivity index (χ4v) is 3.34. The fourth-order valence-electron chi connectivity index (χ4n) is 2.36. The van der Waals surface area contributed by atoms with Crippen molar-refractivity contribution in [1.82, 2.24) is 4.98 Å². The van der Waals surface area contributed by atoms with Crippen molar-refractivity contribution >= 4 is 32.6 Å². The first kappa shape index (κ1) is 12.4. The Kier molecular flexibility index (Phi) is 3.34. The first-order chi connectivity index (χ1) is 9.20. The molecule has 1 aromatic heterocycles. The van der Waals surface area contributed by atoms with Gasteiger partial charge in [0.1, 0.15) is 0 Å². The molecular weight excluding hydrogens is 256 g/mol. The van der Waals surface area contributed by atoms with Gasteiger partial charge < -0.3 is 5.32 Å². The molecule has 1 aliphatic rings. The third-order valence-corrected chi connectivity index (χ3v) is 4.28. The maximum absolute atomic E-state index is 11.9. The van der Waals surface area contributed by atoms with Crippen LogP contribution in [0.1, 0.15) is 24.8 Å². The number of carbonyl (C=O) groups excluding carboxylic acids is 1. The molecule has 0 spiro atoms. The number of benzene rings is 1. The van der Waals surface area contributed by atoms with E-state index in [2.05, 4.69) is 35.4 Å². The molecule has 1 aliphatic carbocycles.